The molecule has 0 atom stereocenters. The molecular weight excluding hydrogens is 270 g/mol. The minimum Gasteiger partial charge on any atom is -0.352 e. The molecule has 0 aliphatic rings. The predicted octanol–water partition coefficient (Wildman–Crippen LogP) is 2.56. The summed E-state index contributed by atoms with van der Waals surface area (Å²) < 4.78 is 1.94. The molecule has 3 aromatic rings. The lowest BCUT2D eigenvalue weighted by molar-refractivity contribution is -0.120. The monoisotopic (exact) mass is 285 g/mol. The minimum atomic E-state index is -0.00340. The van der Waals surface area contributed by atoms with E-state index < -0.39 is 0 Å². The largest absolute Gasteiger partial charge is 0.352 e. The number of carbonyl (C=O) groups excluding carboxylic acids is 1. The highest BCUT2D eigenvalue weighted by molar-refractivity contribution is 7.15. The first-order valence-electron chi connectivity index (χ1n) is 6.44. The summed E-state index contributed by atoms with van der Waals surface area (Å²) in [6.07, 6.45) is 4.16. The number of carbonyl (C=O) groups is 1. The average Bonchev–Trinajstić information content (AvgIpc) is 2.99. The molecule has 0 saturated heterocycles. The van der Waals surface area contributed by atoms with E-state index in [-0.39, 0.29) is 5.91 Å². The molecular formula is C15H15N3OS. The van der Waals surface area contributed by atoms with Crippen LogP contribution in [0.2, 0.25) is 0 Å². The number of nitrogens with one attached hydrogen (secondary N) is 1. The summed E-state index contributed by atoms with van der Waals surface area (Å²) in [6.45, 7) is 2.61. The number of imidazole rings is 1. The molecule has 0 fully saturated rings. The summed E-state index contributed by atoms with van der Waals surface area (Å²) in [5.74, 6) is -0.00340. The lowest BCUT2D eigenvalue weighted by Crippen LogP contribution is -2.24. The maximum absolute atomic E-state index is 11.9. The van der Waals surface area contributed by atoms with Gasteiger partial charge in [-0.15, -0.1) is 11.3 Å². The molecule has 2 aromatic heterocycles. The second-order valence-electron chi connectivity index (χ2n) is 4.76. The number of hydrogen-bond donors (Lipinski definition) is 1. The number of thiazole rings is 1. The fourth-order valence-corrected chi connectivity index (χ4v) is 2.71. The summed E-state index contributed by atoms with van der Waals surface area (Å²) in [6, 6.07) is 8.15. The molecule has 20 heavy (non-hydrogen) atoms. The molecule has 1 amide bonds. The summed E-state index contributed by atoms with van der Waals surface area (Å²) in [7, 11) is 0. The molecule has 0 aliphatic carbocycles. The molecule has 0 spiro atoms. The van der Waals surface area contributed by atoms with Gasteiger partial charge in [0.1, 0.15) is 0 Å². The lowest BCUT2D eigenvalue weighted by atomic mass is 10.1. The van der Waals surface area contributed by atoms with Crippen molar-refractivity contribution < 1.29 is 4.79 Å². The Morgan fingerprint density at radius 2 is 2.15 bits per heavy atom. The summed E-state index contributed by atoms with van der Waals surface area (Å²) in [5, 5.41) is 4.89. The van der Waals surface area contributed by atoms with Crippen LogP contribution < -0.4 is 5.32 Å². The standard InChI is InChI=1S/C15H15N3OS/c1-11-2-4-12(5-3-11)9-16-14(19)8-13-10-18-6-7-20-15(18)17-13/h2-7,10H,8-9H2,1H3,(H,16,19). The second-order valence-corrected chi connectivity index (χ2v) is 5.64. The molecule has 4 nitrogen and oxygen atoms in total. The zero-order valence-corrected chi connectivity index (χ0v) is 12.0. The maximum atomic E-state index is 11.9. The molecule has 3 rings (SSSR count). The van der Waals surface area contributed by atoms with Crippen LogP contribution in [0.5, 0.6) is 0 Å². The third-order valence-corrected chi connectivity index (χ3v) is 3.87. The molecule has 2 heterocycles. The highest BCUT2D eigenvalue weighted by Crippen LogP contribution is 2.11. The topological polar surface area (TPSA) is 46.4 Å². The molecule has 1 aromatic carbocycles. The van der Waals surface area contributed by atoms with Crippen LogP contribution in [-0.4, -0.2) is 15.3 Å². The number of hydrogen-bond acceptors (Lipinski definition) is 3. The fourth-order valence-electron chi connectivity index (χ4n) is 1.99. The van der Waals surface area contributed by atoms with Gasteiger partial charge in [-0.1, -0.05) is 29.8 Å². The van der Waals surface area contributed by atoms with Gasteiger partial charge >= 0.3 is 0 Å². The number of benzene rings is 1. The van der Waals surface area contributed by atoms with Gasteiger partial charge in [0.15, 0.2) is 4.96 Å². The minimum absolute atomic E-state index is 0.00340. The summed E-state index contributed by atoms with van der Waals surface area (Å²) in [5.41, 5.74) is 3.13. The van der Waals surface area contributed by atoms with Crippen LogP contribution in [0.3, 0.4) is 0 Å². The van der Waals surface area contributed by atoms with Crippen molar-refractivity contribution in [3.8, 4) is 0 Å². The molecule has 1 N–H and O–H groups in total. The Balaban J connectivity index is 1.57. The number of aromatic nitrogens is 2. The smallest absolute Gasteiger partial charge is 0.226 e. The van der Waals surface area contributed by atoms with Gasteiger partial charge in [0.25, 0.3) is 0 Å². The molecule has 0 saturated carbocycles. The Bertz CT molecular complexity index is 699. The van der Waals surface area contributed by atoms with Crippen LogP contribution in [0.4, 0.5) is 0 Å². The van der Waals surface area contributed by atoms with Crippen molar-refractivity contribution in [1.82, 2.24) is 14.7 Å². The SMILES string of the molecule is Cc1ccc(CNC(=O)Cc2cn3ccsc3n2)cc1. The van der Waals surface area contributed by atoms with Gasteiger partial charge in [-0.2, -0.15) is 0 Å². The average molecular weight is 285 g/mol. The van der Waals surface area contributed by atoms with Gasteiger partial charge in [-0.05, 0) is 12.5 Å². The van der Waals surface area contributed by atoms with E-state index in [1.54, 1.807) is 11.3 Å². The molecule has 5 heteroatoms. The second kappa shape index (κ2) is 5.46. The van der Waals surface area contributed by atoms with Gasteiger partial charge in [0, 0.05) is 24.3 Å². The van der Waals surface area contributed by atoms with Crippen LogP contribution >= 0.6 is 11.3 Å². The highest BCUT2D eigenvalue weighted by Gasteiger charge is 2.08. The Hall–Kier alpha value is -2.14. The first kappa shape index (κ1) is 12.9. The molecule has 0 aliphatic heterocycles. The molecule has 0 unspecified atom stereocenters. The van der Waals surface area contributed by atoms with E-state index in [0.29, 0.717) is 13.0 Å². The number of nitrogens with zero attached hydrogens (tertiary/aromatic N) is 2. The van der Waals surface area contributed by atoms with Crippen LogP contribution in [0, 0.1) is 6.92 Å². The van der Waals surface area contributed by atoms with Gasteiger partial charge in [-0.3, -0.25) is 9.20 Å². The van der Waals surface area contributed by atoms with Gasteiger partial charge < -0.3 is 5.32 Å². The van der Waals surface area contributed by atoms with Gasteiger partial charge in [0.05, 0.1) is 12.1 Å². The van der Waals surface area contributed by atoms with Crippen molar-refractivity contribution in [1.29, 1.82) is 0 Å². The molecule has 102 valence electrons. The van der Waals surface area contributed by atoms with E-state index in [1.165, 1.54) is 5.56 Å². The first-order valence-corrected chi connectivity index (χ1v) is 7.32. The van der Waals surface area contributed by atoms with E-state index >= 15 is 0 Å². The maximum Gasteiger partial charge on any atom is 0.226 e. The number of aryl methyl sites for hydroxylation is 1. The number of rotatable bonds is 4. The van der Waals surface area contributed by atoms with Gasteiger partial charge in [0.2, 0.25) is 5.91 Å². The van der Waals surface area contributed by atoms with Crippen LogP contribution in [0.25, 0.3) is 4.96 Å². The zero-order chi connectivity index (χ0) is 13.9. The first-order chi connectivity index (χ1) is 9.70. The Kier molecular flexibility index (Phi) is 3.52. The quantitative estimate of drug-likeness (QED) is 0.801. The fraction of sp³-hybridized carbons (Fsp3) is 0.200. The van der Waals surface area contributed by atoms with Crippen LogP contribution in [-0.2, 0) is 17.8 Å². The van der Waals surface area contributed by atoms with E-state index in [1.807, 2.05) is 53.4 Å². The number of amides is 1. The third-order valence-electron chi connectivity index (χ3n) is 3.10. The van der Waals surface area contributed by atoms with E-state index in [2.05, 4.69) is 10.3 Å². The van der Waals surface area contributed by atoms with Crippen molar-refractivity contribution in [3.63, 3.8) is 0 Å². The zero-order valence-electron chi connectivity index (χ0n) is 11.2. The van der Waals surface area contributed by atoms with Crippen molar-refractivity contribution in [2.75, 3.05) is 0 Å². The normalized spacial score (nSPS) is 10.8. The van der Waals surface area contributed by atoms with Crippen LogP contribution in [0.1, 0.15) is 16.8 Å². The highest BCUT2D eigenvalue weighted by atomic mass is 32.1. The summed E-state index contributed by atoms with van der Waals surface area (Å²) >= 11 is 1.57. The van der Waals surface area contributed by atoms with Crippen molar-refractivity contribution >= 4 is 22.2 Å². The Labute approximate surface area is 121 Å². The Morgan fingerprint density at radius 1 is 1.35 bits per heavy atom. The molecule has 0 radical (unpaired) electrons. The van der Waals surface area contributed by atoms with Crippen molar-refractivity contribution in [2.24, 2.45) is 0 Å². The van der Waals surface area contributed by atoms with E-state index in [9.17, 15) is 4.79 Å². The van der Waals surface area contributed by atoms with E-state index in [0.717, 1.165) is 16.2 Å². The van der Waals surface area contributed by atoms with E-state index in [4.69, 9.17) is 0 Å². The summed E-state index contributed by atoms with van der Waals surface area (Å²) in [4.78, 5) is 17.2. The van der Waals surface area contributed by atoms with Gasteiger partial charge in [-0.25, -0.2) is 4.98 Å². The molecule has 0 bridgehead atoms. The predicted molar refractivity (Wildman–Crippen MR) is 79.8 cm³/mol. The lowest BCUT2D eigenvalue weighted by Gasteiger charge is -2.04. The van der Waals surface area contributed by atoms with Crippen LogP contribution in [0.15, 0.2) is 42.0 Å². The third kappa shape index (κ3) is 2.88. The van der Waals surface area contributed by atoms with Crippen molar-refractivity contribution in [3.05, 3.63) is 58.9 Å². The Morgan fingerprint density at radius 3 is 2.90 bits per heavy atom. The van der Waals surface area contributed by atoms with Crippen molar-refractivity contribution in [2.45, 2.75) is 19.9 Å². The number of fused-ring (bicyclic) bond motifs is 1.